The minimum atomic E-state index is -3.26. The van der Waals surface area contributed by atoms with Gasteiger partial charge in [-0.1, -0.05) is 0 Å². The number of nitrogens with zero attached hydrogens (tertiary/aromatic N) is 1. The maximum Gasteiger partial charge on any atom is 0.331 e. The summed E-state index contributed by atoms with van der Waals surface area (Å²) in [5, 5.41) is 1.76. The number of carbonyl (C=O) groups is 3. The molecular weight excluding hydrogens is 212 g/mol. The van der Waals surface area contributed by atoms with Gasteiger partial charge in [0.1, 0.15) is 9.84 Å². The van der Waals surface area contributed by atoms with E-state index >= 15 is 0 Å². The van der Waals surface area contributed by atoms with Crippen molar-refractivity contribution in [1.82, 2.24) is 10.2 Å². The van der Waals surface area contributed by atoms with Crippen LogP contribution in [0.1, 0.15) is 0 Å². The first-order valence-corrected chi connectivity index (χ1v) is 5.72. The van der Waals surface area contributed by atoms with E-state index in [9.17, 15) is 22.8 Å². The van der Waals surface area contributed by atoms with Crippen molar-refractivity contribution in [1.29, 1.82) is 0 Å². The number of amides is 4. The van der Waals surface area contributed by atoms with Crippen molar-refractivity contribution in [3.63, 3.8) is 0 Å². The average molecular weight is 220 g/mol. The van der Waals surface area contributed by atoms with Crippen LogP contribution < -0.4 is 5.32 Å². The third kappa shape index (κ3) is 2.28. The van der Waals surface area contributed by atoms with Crippen LogP contribution >= 0.6 is 0 Å². The highest BCUT2D eigenvalue weighted by atomic mass is 32.2. The highest BCUT2D eigenvalue weighted by Gasteiger charge is 2.36. The van der Waals surface area contributed by atoms with Crippen LogP contribution in [-0.2, 0) is 19.4 Å². The summed E-state index contributed by atoms with van der Waals surface area (Å²) in [6.07, 6.45) is 0.979. The van der Waals surface area contributed by atoms with Gasteiger partial charge < -0.3 is 0 Å². The molecule has 14 heavy (non-hydrogen) atoms. The molecule has 0 bridgehead atoms. The standard InChI is InChI=1S/C6H8N2O5S/c1-14(12,13)3-2-8-5(10)4(9)7-6(8)11/h2-3H2,1H3,(H,7,9,11). The molecular formula is C6H8N2O5S. The van der Waals surface area contributed by atoms with Crippen LogP contribution in [0.3, 0.4) is 0 Å². The minimum Gasteiger partial charge on any atom is -0.269 e. The largest absolute Gasteiger partial charge is 0.331 e. The second kappa shape index (κ2) is 3.37. The van der Waals surface area contributed by atoms with Gasteiger partial charge in [-0.05, 0) is 0 Å². The zero-order valence-electron chi connectivity index (χ0n) is 7.31. The first-order chi connectivity index (χ1) is 6.31. The van der Waals surface area contributed by atoms with E-state index in [1.165, 1.54) is 0 Å². The molecule has 1 aliphatic rings. The van der Waals surface area contributed by atoms with E-state index in [1.54, 1.807) is 5.32 Å². The van der Waals surface area contributed by atoms with Crippen molar-refractivity contribution in [3.05, 3.63) is 0 Å². The highest BCUT2D eigenvalue weighted by Crippen LogP contribution is 2.00. The van der Waals surface area contributed by atoms with E-state index in [-0.39, 0.29) is 12.3 Å². The Kier molecular flexibility index (Phi) is 2.56. The zero-order chi connectivity index (χ0) is 10.9. The van der Waals surface area contributed by atoms with Crippen LogP contribution in [0, 0.1) is 0 Å². The Balaban J connectivity index is 2.66. The maximum absolute atomic E-state index is 10.9. The van der Waals surface area contributed by atoms with Gasteiger partial charge in [0.25, 0.3) is 0 Å². The second-order valence-corrected chi connectivity index (χ2v) is 5.11. The molecule has 0 aliphatic carbocycles. The molecule has 0 unspecified atom stereocenters. The van der Waals surface area contributed by atoms with Crippen molar-refractivity contribution in [2.45, 2.75) is 0 Å². The van der Waals surface area contributed by atoms with E-state index in [1.807, 2.05) is 0 Å². The molecule has 1 saturated heterocycles. The number of imide groups is 2. The lowest BCUT2D eigenvalue weighted by atomic mass is 10.5. The first kappa shape index (κ1) is 10.6. The Labute approximate surface area is 80.0 Å². The summed E-state index contributed by atoms with van der Waals surface area (Å²) in [6.45, 7) is -0.296. The fourth-order valence-electron chi connectivity index (χ4n) is 0.893. The lowest BCUT2D eigenvalue weighted by Gasteiger charge is -2.09. The van der Waals surface area contributed by atoms with Gasteiger partial charge >= 0.3 is 17.8 Å². The monoisotopic (exact) mass is 220 g/mol. The van der Waals surface area contributed by atoms with Crippen LogP contribution in [0.25, 0.3) is 0 Å². The van der Waals surface area contributed by atoms with E-state index in [2.05, 4.69) is 0 Å². The third-order valence-corrected chi connectivity index (χ3v) is 2.51. The SMILES string of the molecule is CS(=O)(=O)CCN1C(=O)NC(=O)C1=O. The van der Waals surface area contributed by atoms with Crippen molar-refractivity contribution >= 4 is 27.7 Å². The quantitative estimate of drug-likeness (QED) is 0.442. The number of hydrogen-bond acceptors (Lipinski definition) is 5. The second-order valence-electron chi connectivity index (χ2n) is 2.85. The molecule has 0 atom stereocenters. The van der Waals surface area contributed by atoms with Gasteiger partial charge in [-0.15, -0.1) is 0 Å². The summed E-state index contributed by atoms with van der Waals surface area (Å²) < 4.78 is 21.5. The number of carbonyl (C=O) groups excluding carboxylic acids is 3. The van der Waals surface area contributed by atoms with E-state index in [0.29, 0.717) is 4.90 Å². The molecule has 0 saturated carbocycles. The van der Waals surface area contributed by atoms with Gasteiger partial charge in [-0.25, -0.2) is 13.2 Å². The zero-order valence-corrected chi connectivity index (χ0v) is 8.13. The summed E-state index contributed by atoms with van der Waals surface area (Å²) in [5.74, 6) is -2.39. The number of hydrogen-bond donors (Lipinski definition) is 1. The van der Waals surface area contributed by atoms with Gasteiger partial charge in [-0.2, -0.15) is 0 Å². The van der Waals surface area contributed by atoms with Gasteiger partial charge in [0, 0.05) is 12.8 Å². The Hall–Kier alpha value is -1.44. The molecule has 0 spiro atoms. The molecule has 0 aromatic carbocycles. The molecule has 1 heterocycles. The van der Waals surface area contributed by atoms with Gasteiger partial charge in [0.15, 0.2) is 0 Å². The third-order valence-electron chi connectivity index (χ3n) is 1.59. The Bertz CT molecular complexity index is 398. The Morgan fingerprint density at radius 1 is 1.29 bits per heavy atom. The summed E-state index contributed by atoms with van der Waals surface area (Å²) >= 11 is 0. The molecule has 8 heteroatoms. The van der Waals surface area contributed by atoms with Crippen LogP contribution in [0.15, 0.2) is 0 Å². The van der Waals surface area contributed by atoms with Crippen LogP contribution in [-0.4, -0.2) is 49.7 Å². The topological polar surface area (TPSA) is 101 Å². The summed E-state index contributed by atoms with van der Waals surface area (Å²) in [4.78, 5) is 33.0. The molecule has 1 fully saturated rings. The van der Waals surface area contributed by atoms with Crippen molar-refractivity contribution in [2.24, 2.45) is 0 Å². The van der Waals surface area contributed by atoms with E-state index in [4.69, 9.17) is 0 Å². The number of rotatable bonds is 3. The van der Waals surface area contributed by atoms with E-state index < -0.39 is 27.7 Å². The van der Waals surface area contributed by atoms with Crippen molar-refractivity contribution in [3.8, 4) is 0 Å². The minimum absolute atomic E-state index is 0.296. The molecule has 1 N–H and O–H groups in total. The summed E-state index contributed by atoms with van der Waals surface area (Å²) in [7, 11) is -3.26. The van der Waals surface area contributed by atoms with Gasteiger partial charge in [0.05, 0.1) is 5.75 Å². The smallest absolute Gasteiger partial charge is 0.269 e. The van der Waals surface area contributed by atoms with Crippen molar-refractivity contribution < 1.29 is 22.8 Å². The van der Waals surface area contributed by atoms with Gasteiger partial charge in [-0.3, -0.25) is 19.8 Å². The first-order valence-electron chi connectivity index (χ1n) is 3.66. The summed E-state index contributed by atoms with van der Waals surface area (Å²) in [5.41, 5.74) is 0. The fraction of sp³-hybridized carbons (Fsp3) is 0.500. The van der Waals surface area contributed by atoms with Gasteiger partial charge in [0.2, 0.25) is 0 Å². The molecule has 0 radical (unpaired) electrons. The van der Waals surface area contributed by atoms with Crippen LogP contribution in [0.2, 0.25) is 0 Å². The molecule has 0 aromatic heterocycles. The number of urea groups is 1. The molecule has 7 nitrogen and oxygen atoms in total. The lowest BCUT2D eigenvalue weighted by molar-refractivity contribution is -0.140. The number of sulfone groups is 1. The van der Waals surface area contributed by atoms with Crippen LogP contribution in [0.4, 0.5) is 4.79 Å². The molecule has 4 amide bonds. The van der Waals surface area contributed by atoms with E-state index in [0.717, 1.165) is 6.26 Å². The maximum atomic E-state index is 10.9. The summed E-state index contributed by atoms with van der Waals surface area (Å²) in [6, 6.07) is -0.872. The fourth-order valence-corrected chi connectivity index (χ4v) is 1.41. The van der Waals surface area contributed by atoms with Crippen LogP contribution in [0.5, 0.6) is 0 Å². The van der Waals surface area contributed by atoms with Crippen molar-refractivity contribution in [2.75, 3.05) is 18.6 Å². The Morgan fingerprint density at radius 2 is 1.86 bits per heavy atom. The number of nitrogens with one attached hydrogen (secondary N) is 1. The molecule has 0 aromatic rings. The molecule has 1 aliphatic heterocycles. The molecule has 78 valence electrons. The normalized spacial score (nSPS) is 17.5. The average Bonchev–Trinajstić information content (AvgIpc) is 2.23. The Morgan fingerprint density at radius 3 is 2.21 bits per heavy atom. The highest BCUT2D eigenvalue weighted by molar-refractivity contribution is 7.90. The predicted octanol–water partition coefficient (Wildman–Crippen LogP) is -1.89. The predicted molar refractivity (Wildman–Crippen MR) is 45.0 cm³/mol. The lowest BCUT2D eigenvalue weighted by Crippen LogP contribution is -2.35. The molecule has 1 rings (SSSR count).